The number of ether oxygens (including phenoxy) is 1. The average Bonchev–Trinajstić information content (AvgIpc) is 2.64. The fourth-order valence-electron chi connectivity index (χ4n) is 3.00. The summed E-state index contributed by atoms with van der Waals surface area (Å²) < 4.78 is 20.1. The third-order valence-electron chi connectivity index (χ3n) is 4.32. The molecule has 0 N–H and O–H groups in total. The first-order valence-electron chi connectivity index (χ1n) is 8.26. The average molecular weight is 407 g/mol. The standard InChI is InChI=1S/C20H17Cl2FN2O2/c1-4-13-18(14-7-5-11(23)9-17(14)22)19(24-25(2)20(13)26)15-10-12(27-3)6-8-16(15)21/h5-10H,4H2,1-3H3. The van der Waals surface area contributed by atoms with E-state index in [0.29, 0.717) is 45.1 Å². The molecule has 0 aliphatic heterocycles. The topological polar surface area (TPSA) is 44.1 Å². The second-order valence-corrected chi connectivity index (χ2v) is 6.77. The van der Waals surface area contributed by atoms with Gasteiger partial charge >= 0.3 is 0 Å². The van der Waals surface area contributed by atoms with Gasteiger partial charge in [-0.25, -0.2) is 9.07 Å². The maximum Gasteiger partial charge on any atom is 0.270 e. The second kappa shape index (κ2) is 7.71. The molecule has 0 atom stereocenters. The lowest BCUT2D eigenvalue weighted by atomic mass is 9.94. The Labute approximate surface area is 166 Å². The molecule has 140 valence electrons. The van der Waals surface area contributed by atoms with Crippen molar-refractivity contribution in [2.75, 3.05) is 7.11 Å². The van der Waals surface area contributed by atoms with Crippen LogP contribution in [0.25, 0.3) is 22.4 Å². The summed E-state index contributed by atoms with van der Waals surface area (Å²) in [6.45, 7) is 1.87. The predicted octanol–water partition coefficient (Wildman–Crippen LogP) is 5.13. The molecule has 1 heterocycles. The van der Waals surface area contributed by atoms with Gasteiger partial charge in [-0.2, -0.15) is 5.10 Å². The lowest BCUT2D eigenvalue weighted by molar-refractivity contribution is 0.415. The number of aromatic nitrogens is 2. The van der Waals surface area contributed by atoms with Gasteiger partial charge in [0.25, 0.3) is 5.56 Å². The summed E-state index contributed by atoms with van der Waals surface area (Å²) >= 11 is 12.7. The van der Waals surface area contributed by atoms with E-state index in [0.717, 1.165) is 0 Å². The fourth-order valence-corrected chi connectivity index (χ4v) is 3.47. The monoisotopic (exact) mass is 406 g/mol. The molecule has 27 heavy (non-hydrogen) atoms. The Kier molecular flexibility index (Phi) is 5.53. The zero-order valence-electron chi connectivity index (χ0n) is 15.0. The predicted molar refractivity (Wildman–Crippen MR) is 106 cm³/mol. The quantitative estimate of drug-likeness (QED) is 0.602. The molecule has 0 saturated carbocycles. The van der Waals surface area contributed by atoms with Gasteiger partial charge in [-0.05, 0) is 42.8 Å². The molecule has 2 aromatic carbocycles. The van der Waals surface area contributed by atoms with Gasteiger partial charge in [0.2, 0.25) is 0 Å². The van der Waals surface area contributed by atoms with Crippen LogP contribution in [0.5, 0.6) is 5.75 Å². The van der Waals surface area contributed by atoms with Crippen molar-refractivity contribution in [3.8, 4) is 28.1 Å². The highest BCUT2D eigenvalue weighted by molar-refractivity contribution is 6.34. The van der Waals surface area contributed by atoms with Crippen molar-refractivity contribution in [2.45, 2.75) is 13.3 Å². The van der Waals surface area contributed by atoms with E-state index in [9.17, 15) is 9.18 Å². The Bertz CT molecular complexity index is 1080. The summed E-state index contributed by atoms with van der Waals surface area (Å²) in [4.78, 5) is 12.7. The lowest BCUT2D eigenvalue weighted by Crippen LogP contribution is -2.25. The number of hydrogen-bond donors (Lipinski definition) is 0. The number of aryl methyl sites for hydroxylation is 1. The first-order chi connectivity index (χ1) is 12.9. The number of hydrogen-bond acceptors (Lipinski definition) is 3. The van der Waals surface area contributed by atoms with Crippen LogP contribution in [0.2, 0.25) is 10.0 Å². The third-order valence-corrected chi connectivity index (χ3v) is 4.97. The SMILES string of the molecule is CCc1c(-c2ccc(F)cc2Cl)c(-c2cc(OC)ccc2Cl)nn(C)c1=O. The number of nitrogens with zero attached hydrogens (tertiary/aromatic N) is 2. The summed E-state index contributed by atoms with van der Waals surface area (Å²) in [7, 11) is 3.13. The molecule has 7 heteroatoms. The Morgan fingerprint density at radius 3 is 2.48 bits per heavy atom. The minimum absolute atomic E-state index is 0.194. The molecule has 0 spiro atoms. The van der Waals surface area contributed by atoms with Crippen molar-refractivity contribution in [1.29, 1.82) is 0 Å². The number of methoxy groups -OCH3 is 1. The summed E-state index contributed by atoms with van der Waals surface area (Å²) in [5.74, 6) is 0.138. The van der Waals surface area contributed by atoms with Gasteiger partial charge in [-0.15, -0.1) is 0 Å². The summed E-state index contributed by atoms with van der Waals surface area (Å²) in [5, 5.41) is 5.08. The van der Waals surface area contributed by atoms with Crippen LogP contribution in [0.4, 0.5) is 4.39 Å². The molecular weight excluding hydrogens is 390 g/mol. The Morgan fingerprint density at radius 1 is 1.11 bits per heavy atom. The van der Waals surface area contributed by atoms with Crippen LogP contribution in [0.3, 0.4) is 0 Å². The van der Waals surface area contributed by atoms with Gasteiger partial charge in [0.15, 0.2) is 0 Å². The van der Waals surface area contributed by atoms with Gasteiger partial charge in [-0.3, -0.25) is 4.79 Å². The molecule has 0 radical (unpaired) electrons. The van der Waals surface area contributed by atoms with E-state index >= 15 is 0 Å². The van der Waals surface area contributed by atoms with Crippen LogP contribution in [-0.4, -0.2) is 16.9 Å². The second-order valence-electron chi connectivity index (χ2n) is 5.95. The van der Waals surface area contributed by atoms with E-state index in [1.54, 1.807) is 38.4 Å². The third kappa shape index (κ3) is 3.57. The molecule has 1 aromatic heterocycles. The van der Waals surface area contributed by atoms with Crippen LogP contribution in [0.1, 0.15) is 12.5 Å². The van der Waals surface area contributed by atoms with Crippen LogP contribution >= 0.6 is 23.2 Å². The van der Waals surface area contributed by atoms with Crippen molar-refractivity contribution in [2.24, 2.45) is 7.05 Å². The van der Waals surface area contributed by atoms with Crippen LogP contribution < -0.4 is 10.3 Å². The smallest absolute Gasteiger partial charge is 0.270 e. The van der Waals surface area contributed by atoms with Crippen molar-refractivity contribution in [3.05, 3.63) is 68.2 Å². The van der Waals surface area contributed by atoms with Gasteiger partial charge in [0.1, 0.15) is 17.3 Å². The molecule has 0 unspecified atom stereocenters. The summed E-state index contributed by atoms with van der Waals surface area (Å²) in [6.07, 6.45) is 0.451. The zero-order chi connectivity index (χ0) is 19.7. The fraction of sp³-hybridized carbons (Fsp3) is 0.200. The molecule has 3 rings (SSSR count). The van der Waals surface area contributed by atoms with E-state index in [4.69, 9.17) is 27.9 Å². The van der Waals surface area contributed by atoms with E-state index < -0.39 is 5.82 Å². The zero-order valence-corrected chi connectivity index (χ0v) is 16.5. The minimum atomic E-state index is -0.459. The molecule has 0 amide bonds. The Balaban J connectivity index is 2.45. The molecule has 3 aromatic rings. The highest BCUT2D eigenvalue weighted by Crippen LogP contribution is 2.40. The lowest BCUT2D eigenvalue weighted by Gasteiger charge is -2.17. The van der Waals surface area contributed by atoms with Crippen LogP contribution in [0.15, 0.2) is 41.2 Å². The van der Waals surface area contributed by atoms with Crippen LogP contribution in [-0.2, 0) is 13.5 Å². The first kappa shape index (κ1) is 19.4. The molecule has 0 aliphatic carbocycles. The summed E-state index contributed by atoms with van der Waals surface area (Å²) in [6, 6.07) is 9.24. The molecule has 0 bridgehead atoms. The van der Waals surface area contributed by atoms with Crippen molar-refractivity contribution in [3.63, 3.8) is 0 Å². The molecule has 0 aliphatic rings. The number of rotatable bonds is 4. The minimum Gasteiger partial charge on any atom is -0.497 e. The maximum absolute atomic E-state index is 13.6. The Morgan fingerprint density at radius 2 is 1.85 bits per heavy atom. The van der Waals surface area contributed by atoms with E-state index in [1.807, 2.05) is 6.92 Å². The van der Waals surface area contributed by atoms with Gasteiger partial charge in [0, 0.05) is 29.3 Å². The summed E-state index contributed by atoms with van der Waals surface area (Å²) in [5.41, 5.74) is 2.42. The Hall–Kier alpha value is -2.37. The van der Waals surface area contributed by atoms with Crippen molar-refractivity contribution in [1.82, 2.24) is 9.78 Å². The van der Waals surface area contributed by atoms with Crippen molar-refractivity contribution >= 4 is 23.2 Å². The van der Waals surface area contributed by atoms with Gasteiger partial charge < -0.3 is 4.74 Å². The van der Waals surface area contributed by atoms with Gasteiger partial charge in [-0.1, -0.05) is 30.1 Å². The van der Waals surface area contributed by atoms with E-state index in [1.165, 1.54) is 16.8 Å². The van der Waals surface area contributed by atoms with Gasteiger partial charge in [0.05, 0.1) is 17.2 Å². The highest BCUT2D eigenvalue weighted by atomic mass is 35.5. The normalized spacial score (nSPS) is 10.9. The largest absolute Gasteiger partial charge is 0.497 e. The highest BCUT2D eigenvalue weighted by Gasteiger charge is 2.22. The molecule has 0 fully saturated rings. The number of halogens is 3. The van der Waals surface area contributed by atoms with Crippen LogP contribution in [0, 0.1) is 5.82 Å². The first-order valence-corrected chi connectivity index (χ1v) is 9.02. The maximum atomic E-state index is 13.6. The molecule has 4 nitrogen and oxygen atoms in total. The van der Waals surface area contributed by atoms with E-state index in [-0.39, 0.29) is 10.6 Å². The molecular formula is C20H17Cl2FN2O2. The molecule has 0 saturated heterocycles. The number of benzene rings is 2. The van der Waals surface area contributed by atoms with E-state index in [2.05, 4.69) is 5.10 Å². The van der Waals surface area contributed by atoms with Crippen molar-refractivity contribution < 1.29 is 9.13 Å².